The van der Waals surface area contributed by atoms with E-state index in [1.165, 1.54) is 4.90 Å². The minimum atomic E-state index is 0.678. The van der Waals surface area contributed by atoms with Crippen molar-refractivity contribution in [3.63, 3.8) is 0 Å². The van der Waals surface area contributed by atoms with Gasteiger partial charge in [-0.3, -0.25) is 0 Å². The van der Waals surface area contributed by atoms with Crippen LogP contribution in [-0.4, -0.2) is 22.8 Å². The number of nitrogens with zero attached hydrogens (tertiary/aromatic N) is 2. The highest BCUT2D eigenvalue weighted by Gasteiger charge is 2.00. The molecule has 0 saturated heterocycles. The predicted molar refractivity (Wildman–Crippen MR) is 73.4 cm³/mol. The Labute approximate surface area is 106 Å². The quantitative estimate of drug-likeness (QED) is 0.839. The molecule has 4 heteroatoms. The summed E-state index contributed by atoms with van der Waals surface area (Å²) in [6.45, 7) is 2.86. The van der Waals surface area contributed by atoms with Gasteiger partial charge in [-0.15, -0.1) is 11.8 Å². The predicted octanol–water partition coefficient (Wildman–Crippen LogP) is 3.30. The molecule has 3 nitrogen and oxygen atoms in total. The average molecular weight is 245 g/mol. The van der Waals surface area contributed by atoms with Gasteiger partial charge in [0, 0.05) is 29.4 Å². The summed E-state index contributed by atoms with van der Waals surface area (Å²) < 4.78 is 0. The van der Waals surface area contributed by atoms with Crippen LogP contribution >= 0.6 is 11.8 Å². The fourth-order valence-electron chi connectivity index (χ4n) is 1.51. The van der Waals surface area contributed by atoms with Gasteiger partial charge < -0.3 is 5.32 Å². The Balaban J connectivity index is 2.20. The largest absolute Gasteiger partial charge is 0.355 e. The van der Waals surface area contributed by atoms with Gasteiger partial charge in [-0.25, -0.2) is 9.97 Å². The van der Waals surface area contributed by atoms with E-state index >= 15 is 0 Å². The summed E-state index contributed by atoms with van der Waals surface area (Å²) in [4.78, 5) is 9.78. The van der Waals surface area contributed by atoms with Crippen molar-refractivity contribution in [3.05, 3.63) is 36.7 Å². The summed E-state index contributed by atoms with van der Waals surface area (Å²) >= 11 is 1.74. The van der Waals surface area contributed by atoms with Crippen LogP contribution in [0.25, 0.3) is 11.1 Å². The van der Waals surface area contributed by atoms with Gasteiger partial charge in [0.2, 0.25) is 5.95 Å². The van der Waals surface area contributed by atoms with Crippen molar-refractivity contribution in [1.82, 2.24) is 9.97 Å². The molecular weight excluding hydrogens is 230 g/mol. The zero-order valence-corrected chi connectivity index (χ0v) is 10.8. The first-order chi connectivity index (χ1) is 8.33. The number of hydrogen-bond donors (Lipinski definition) is 1. The molecule has 0 spiro atoms. The summed E-state index contributed by atoms with van der Waals surface area (Å²) in [5, 5.41) is 3.08. The SMILES string of the molecule is CCNc1ncc(-c2ccc(SC)cc2)cn1. The van der Waals surface area contributed by atoms with E-state index in [9.17, 15) is 0 Å². The normalized spacial score (nSPS) is 10.2. The number of nitrogens with one attached hydrogen (secondary N) is 1. The van der Waals surface area contributed by atoms with Gasteiger partial charge in [-0.1, -0.05) is 12.1 Å². The number of aromatic nitrogens is 2. The van der Waals surface area contributed by atoms with Gasteiger partial charge in [-0.05, 0) is 30.9 Å². The van der Waals surface area contributed by atoms with Crippen molar-refractivity contribution >= 4 is 17.7 Å². The number of hydrogen-bond acceptors (Lipinski definition) is 4. The topological polar surface area (TPSA) is 37.8 Å². The molecule has 0 aliphatic rings. The standard InChI is InChI=1S/C13H15N3S/c1-3-14-13-15-8-11(9-16-13)10-4-6-12(17-2)7-5-10/h4-9H,3H2,1-2H3,(H,14,15,16). The lowest BCUT2D eigenvalue weighted by atomic mass is 10.1. The van der Waals surface area contributed by atoms with Crippen LogP contribution in [0.2, 0.25) is 0 Å². The molecule has 1 aromatic heterocycles. The Hall–Kier alpha value is -1.55. The van der Waals surface area contributed by atoms with E-state index < -0.39 is 0 Å². The Morgan fingerprint density at radius 1 is 1.06 bits per heavy atom. The number of thioether (sulfide) groups is 1. The molecule has 0 aliphatic heterocycles. The minimum absolute atomic E-state index is 0.678. The zero-order valence-electron chi connectivity index (χ0n) is 9.97. The maximum Gasteiger partial charge on any atom is 0.222 e. The second-order valence-electron chi connectivity index (χ2n) is 3.55. The summed E-state index contributed by atoms with van der Waals surface area (Å²) in [7, 11) is 0. The van der Waals surface area contributed by atoms with Crippen molar-refractivity contribution in [3.8, 4) is 11.1 Å². The molecule has 2 rings (SSSR count). The van der Waals surface area contributed by atoms with Crippen molar-refractivity contribution in [1.29, 1.82) is 0 Å². The Kier molecular flexibility index (Phi) is 3.98. The molecule has 1 aromatic carbocycles. The molecule has 0 unspecified atom stereocenters. The van der Waals surface area contributed by atoms with Gasteiger partial charge in [0.05, 0.1) is 0 Å². The maximum atomic E-state index is 4.26. The average Bonchev–Trinajstić information content (AvgIpc) is 2.40. The second-order valence-corrected chi connectivity index (χ2v) is 4.43. The van der Waals surface area contributed by atoms with Crippen LogP contribution in [0, 0.1) is 0 Å². The van der Waals surface area contributed by atoms with Crippen LogP contribution < -0.4 is 5.32 Å². The highest BCUT2D eigenvalue weighted by atomic mass is 32.2. The monoisotopic (exact) mass is 245 g/mol. The molecule has 1 N–H and O–H groups in total. The summed E-state index contributed by atoms with van der Waals surface area (Å²) in [6, 6.07) is 8.41. The van der Waals surface area contributed by atoms with E-state index in [2.05, 4.69) is 45.8 Å². The van der Waals surface area contributed by atoms with E-state index in [1.54, 1.807) is 11.8 Å². The van der Waals surface area contributed by atoms with Crippen molar-refractivity contribution in [2.45, 2.75) is 11.8 Å². The van der Waals surface area contributed by atoms with Crippen LogP contribution in [0.15, 0.2) is 41.6 Å². The van der Waals surface area contributed by atoms with Crippen molar-refractivity contribution in [2.24, 2.45) is 0 Å². The van der Waals surface area contributed by atoms with E-state index in [0.717, 1.165) is 17.7 Å². The first kappa shape index (κ1) is 11.9. The van der Waals surface area contributed by atoms with Gasteiger partial charge in [0.25, 0.3) is 0 Å². The molecule has 1 heterocycles. The van der Waals surface area contributed by atoms with Gasteiger partial charge in [0.1, 0.15) is 0 Å². The highest BCUT2D eigenvalue weighted by Crippen LogP contribution is 2.22. The second kappa shape index (κ2) is 5.68. The summed E-state index contributed by atoms with van der Waals surface area (Å²) in [5.74, 6) is 0.678. The van der Waals surface area contributed by atoms with Crippen LogP contribution in [0.1, 0.15) is 6.92 Å². The van der Waals surface area contributed by atoms with E-state index in [4.69, 9.17) is 0 Å². The third-order valence-electron chi connectivity index (χ3n) is 2.41. The van der Waals surface area contributed by atoms with E-state index in [-0.39, 0.29) is 0 Å². The van der Waals surface area contributed by atoms with Crippen LogP contribution in [0.5, 0.6) is 0 Å². The van der Waals surface area contributed by atoms with Crippen molar-refractivity contribution < 1.29 is 0 Å². The lowest BCUT2D eigenvalue weighted by molar-refractivity contribution is 1.09. The van der Waals surface area contributed by atoms with E-state index in [1.807, 2.05) is 19.3 Å². The fourth-order valence-corrected chi connectivity index (χ4v) is 1.92. The van der Waals surface area contributed by atoms with E-state index in [0.29, 0.717) is 5.95 Å². The van der Waals surface area contributed by atoms with Gasteiger partial charge >= 0.3 is 0 Å². The molecule has 0 amide bonds. The summed E-state index contributed by atoms with van der Waals surface area (Å²) in [6.07, 6.45) is 5.77. The molecule has 88 valence electrons. The zero-order chi connectivity index (χ0) is 12.1. The number of anilines is 1. The third-order valence-corrected chi connectivity index (χ3v) is 3.15. The minimum Gasteiger partial charge on any atom is -0.355 e. The van der Waals surface area contributed by atoms with Crippen LogP contribution in [0.3, 0.4) is 0 Å². The Morgan fingerprint density at radius 2 is 1.71 bits per heavy atom. The van der Waals surface area contributed by atoms with Gasteiger partial charge in [0.15, 0.2) is 0 Å². The van der Waals surface area contributed by atoms with Crippen molar-refractivity contribution in [2.75, 3.05) is 18.1 Å². The maximum absolute atomic E-state index is 4.26. The number of benzene rings is 1. The highest BCUT2D eigenvalue weighted by molar-refractivity contribution is 7.98. The smallest absolute Gasteiger partial charge is 0.222 e. The molecule has 0 radical (unpaired) electrons. The molecule has 0 fully saturated rings. The lowest BCUT2D eigenvalue weighted by Gasteiger charge is -2.04. The molecule has 2 aromatic rings. The Bertz CT molecular complexity index is 465. The molecular formula is C13H15N3S. The third kappa shape index (κ3) is 2.97. The molecule has 0 bridgehead atoms. The first-order valence-corrected chi connectivity index (χ1v) is 6.76. The number of rotatable bonds is 4. The molecule has 17 heavy (non-hydrogen) atoms. The van der Waals surface area contributed by atoms with Gasteiger partial charge in [-0.2, -0.15) is 0 Å². The fraction of sp³-hybridized carbons (Fsp3) is 0.231. The lowest BCUT2D eigenvalue weighted by Crippen LogP contribution is -2.01. The summed E-state index contributed by atoms with van der Waals surface area (Å²) in [5.41, 5.74) is 2.19. The first-order valence-electron chi connectivity index (χ1n) is 5.54. The molecule has 0 atom stereocenters. The Morgan fingerprint density at radius 3 is 2.24 bits per heavy atom. The van der Waals surface area contributed by atoms with Crippen LogP contribution in [-0.2, 0) is 0 Å². The molecule has 0 saturated carbocycles. The van der Waals surface area contributed by atoms with Crippen LogP contribution in [0.4, 0.5) is 5.95 Å². The molecule has 0 aliphatic carbocycles.